The van der Waals surface area contributed by atoms with Crippen LogP contribution >= 0.6 is 0 Å². The number of carbonyl (C=O) groups excluding carboxylic acids is 1. The first-order valence-electron chi connectivity index (χ1n) is 5.56. The van der Waals surface area contributed by atoms with Gasteiger partial charge in [-0.3, -0.25) is 4.79 Å². The number of benzene rings is 1. The molecule has 3 heteroatoms. The molecule has 1 nitrogen and oxygen atoms in total. The van der Waals surface area contributed by atoms with Crippen molar-refractivity contribution in [2.75, 3.05) is 0 Å². The standard InChI is InChI=1S/C13H14F2O/c1-8-2-3-10(13(15)12(8)14)6-7-11(16)9-4-5-9/h2-3,9H,4-7H2,1H3. The van der Waals surface area contributed by atoms with Crippen LogP contribution in [0.25, 0.3) is 0 Å². The predicted octanol–water partition coefficient (Wildman–Crippen LogP) is 3.18. The number of hydrogen-bond donors (Lipinski definition) is 0. The maximum atomic E-state index is 13.4. The van der Waals surface area contributed by atoms with Gasteiger partial charge in [-0.25, -0.2) is 8.78 Å². The molecule has 0 amide bonds. The smallest absolute Gasteiger partial charge is 0.162 e. The fourth-order valence-corrected chi connectivity index (χ4v) is 1.75. The van der Waals surface area contributed by atoms with E-state index in [1.54, 1.807) is 12.1 Å². The van der Waals surface area contributed by atoms with Crippen LogP contribution in [0, 0.1) is 24.5 Å². The van der Waals surface area contributed by atoms with E-state index in [9.17, 15) is 13.6 Å². The van der Waals surface area contributed by atoms with Crippen LogP contribution < -0.4 is 0 Å². The number of aryl methyl sites for hydroxylation is 2. The molecule has 0 unspecified atom stereocenters. The molecule has 0 spiro atoms. The van der Waals surface area contributed by atoms with Gasteiger partial charge in [0.1, 0.15) is 5.78 Å². The highest BCUT2D eigenvalue weighted by Crippen LogP contribution is 2.31. The van der Waals surface area contributed by atoms with E-state index in [4.69, 9.17) is 0 Å². The molecule has 0 radical (unpaired) electrons. The van der Waals surface area contributed by atoms with Crippen LogP contribution in [0.4, 0.5) is 8.78 Å². The van der Waals surface area contributed by atoms with E-state index in [1.165, 1.54) is 6.92 Å². The molecule has 0 heterocycles. The molecule has 1 fully saturated rings. The Morgan fingerprint density at radius 2 is 2.00 bits per heavy atom. The zero-order valence-electron chi connectivity index (χ0n) is 9.22. The summed E-state index contributed by atoms with van der Waals surface area (Å²) in [7, 11) is 0. The molecule has 0 N–H and O–H groups in total. The van der Waals surface area contributed by atoms with Gasteiger partial charge in [-0.05, 0) is 37.3 Å². The Hall–Kier alpha value is -1.25. The quantitative estimate of drug-likeness (QED) is 0.767. The molecule has 2 rings (SSSR count). The summed E-state index contributed by atoms with van der Waals surface area (Å²) in [6, 6.07) is 3.11. The fourth-order valence-electron chi connectivity index (χ4n) is 1.75. The first-order valence-corrected chi connectivity index (χ1v) is 5.56. The highest BCUT2D eigenvalue weighted by atomic mass is 19.2. The van der Waals surface area contributed by atoms with Crippen LogP contribution in [0.5, 0.6) is 0 Å². The first kappa shape index (κ1) is 11.2. The second-order valence-corrected chi connectivity index (χ2v) is 4.41. The van der Waals surface area contributed by atoms with E-state index >= 15 is 0 Å². The van der Waals surface area contributed by atoms with E-state index in [1.807, 2.05) is 0 Å². The van der Waals surface area contributed by atoms with E-state index in [-0.39, 0.29) is 11.7 Å². The molecule has 1 aromatic rings. The lowest BCUT2D eigenvalue weighted by atomic mass is 10.0. The van der Waals surface area contributed by atoms with Crippen molar-refractivity contribution < 1.29 is 13.6 Å². The van der Waals surface area contributed by atoms with Crippen molar-refractivity contribution in [3.05, 3.63) is 34.9 Å². The van der Waals surface area contributed by atoms with Crippen LogP contribution in [-0.4, -0.2) is 5.78 Å². The van der Waals surface area contributed by atoms with Crippen molar-refractivity contribution in [3.8, 4) is 0 Å². The minimum atomic E-state index is -0.802. The summed E-state index contributed by atoms with van der Waals surface area (Å²) in [5, 5.41) is 0. The van der Waals surface area contributed by atoms with Gasteiger partial charge in [0, 0.05) is 12.3 Å². The molecule has 0 bridgehead atoms. The summed E-state index contributed by atoms with van der Waals surface area (Å²) in [6.45, 7) is 1.53. The zero-order chi connectivity index (χ0) is 11.7. The average molecular weight is 224 g/mol. The van der Waals surface area contributed by atoms with Crippen molar-refractivity contribution in [2.45, 2.75) is 32.6 Å². The van der Waals surface area contributed by atoms with Gasteiger partial charge in [-0.1, -0.05) is 12.1 Å². The molecule has 0 saturated heterocycles. The topological polar surface area (TPSA) is 17.1 Å². The molecule has 86 valence electrons. The third-order valence-corrected chi connectivity index (χ3v) is 3.03. The Labute approximate surface area is 93.5 Å². The predicted molar refractivity (Wildman–Crippen MR) is 57.1 cm³/mol. The third kappa shape index (κ3) is 2.29. The second kappa shape index (κ2) is 4.32. The van der Waals surface area contributed by atoms with E-state index < -0.39 is 11.6 Å². The number of Topliss-reactive ketones (excluding diaryl/α,β-unsaturated/α-hetero) is 1. The van der Waals surface area contributed by atoms with Gasteiger partial charge in [-0.15, -0.1) is 0 Å². The molecule has 0 aliphatic heterocycles. The normalized spacial score (nSPS) is 15.2. The summed E-state index contributed by atoms with van der Waals surface area (Å²) in [6.07, 6.45) is 2.55. The van der Waals surface area contributed by atoms with Crippen LogP contribution in [0.2, 0.25) is 0 Å². The Morgan fingerprint density at radius 1 is 1.31 bits per heavy atom. The molecule has 0 atom stereocenters. The van der Waals surface area contributed by atoms with Gasteiger partial charge < -0.3 is 0 Å². The number of halogens is 2. The van der Waals surface area contributed by atoms with Gasteiger partial charge in [-0.2, -0.15) is 0 Å². The van der Waals surface area contributed by atoms with Crippen LogP contribution in [0.15, 0.2) is 12.1 Å². The number of hydrogen-bond acceptors (Lipinski definition) is 1. The van der Waals surface area contributed by atoms with Crippen LogP contribution in [0.3, 0.4) is 0 Å². The lowest BCUT2D eigenvalue weighted by Gasteiger charge is -2.05. The Bertz CT molecular complexity index is 422. The highest BCUT2D eigenvalue weighted by Gasteiger charge is 2.28. The van der Waals surface area contributed by atoms with Gasteiger partial charge in [0.05, 0.1) is 0 Å². The number of ketones is 1. The maximum absolute atomic E-state index is 13.4. The Kier molecular flexibility index (Phi) is 3.03. The summed E-state index contributed by atoms with van der Waals surface area (Å²) in [4.78, 5) is 11.4. The van der Waals surface area contributed by atoms with Crippen molar-refractivity contribution in [2.24, 2.45) is 5.92 Å². The maximum Gasteiger partial charge on any atom is 0.162 e. The van der Waals surface area contributed by atoms with Gasteiger partial charge in [0.2, 0.25) is 0 Å². The van der Waals surface area contributed by atoms with E-state index in [0.29, 0.717) is 24.0 Å². The third-order valence-electron chi connectivity index (χ3n) is 3.03. The number of carbonyl (C=O) groups is 1. The van der Waals surface area contributed by atoms with E-state index in [0.717, 1.165) is 12.8 Å². The van der Waals surface area contributed by atoms with Crippen molar-refractivity contribution in [3.63, 3.8) is 0 Å². The van der Waals surface area contributed by atoms with Crippen LogP contribution in [0.1, 0.15) is 30.4 Å². The zero-order valence-corrected chi connectivity index (χ0v) is 9.22. The summed E-state index contributed by atoms with van der Waals surface area (Å²) < 4.78 is 26.7. The SMILES string of the molecule is Cc1ccc(CCC(=O)C2CC2)c(F)c1F. The Morgan fingerprint density at radius 3 is 2.62 bits per heavy atom. The molecule has 1 aliphatic rings. The minimum Gasteiger partial charge on any atom is -0.299 e. The number of rotatable bonds is 4. The molecule has 1 aromatic carbocycles. The monoisotopic (exact) mass is 224 g/mol. The molecule has 16 heavy (non-hydrogen) atoms. The molecular weight excluding hydrogens is 210 g/mol. The lowest BCUT2D eigenvalue weighted by Crippen LogP contribution is -2.04. The summed E-state index contributed by atoms with van der Waals surface area (Å²) in [5.74, 6) is -1.22. The summed E-state index contributed by atoms with van der Waals surface area (Å²) in [5.41, 5.74) is 0.604. The van der Waals surface area contributed by atoms with E-state index in [2.05, 4.69) is 0 Å². The van der Waals surface area contributed by atoms with Gasteiger partial charge >= 0.3 is 0 Å². The molecule has 0 aromatic heterocycles. The lowest BCUT2D eigenvalue weighted by molar-refractivity contribution is -0.120. The van der Waals surface area contributed by atoms with Gasteiger partial charge in [0.25, 0.3) is 0 Å². The first-order chi connectivity index (χ1) is 7.59. The fraction of sp³-hybridized carbons (Fsp3) is 0.462. The average Bonchev–Trinajstić information content (AvgIpc) is 3.08. The van der Waals surface area contributed by atoms with Crippen LogP contribution in [-0.2, 0) is 11.2 Å². The molecular formula is C13H14F2O. The largest absolute Gasteiger partial charge is 0.299 e. The molecule has 1 aliphatic carbocycles. The Balaban J connectivity index is 2.03. The highest BCUT2D eigenvalue weighted by molar-refractivity contribution is 5.83. The van der Waals surface area contributed by atoms with Crippen molar-refractivity contribution in [1.82, 2.24) is 0 Å². The summed E-state index contributed by atoms with van der Waals surface area (Å²) >= 11 is 0. The van der Waals surface area contributed by atoms with Crippen molar-refractivity contribution in [1.29, 1.82) is 0 Å². The minimum absolute atomic E-state index is 0.181. The molecule has 1 saturated carbocycles. The van der Waals surface area contributed by atoms with Crippen molar-refractivity contribution >= 4 is 5.78 Å². The van der Waals surface area contributed by atoms with Gasteiger partial charge in [0.15, 0.2) is 11.6 Å². The second-order valence-electron chi connectivity index (χ2n) is 4.41.